The summed E-state index contributed by atoms with van der Waals surface area (Å²) < 4.78 is 37.9. The van der Waals surface area contributed by atoms with Gasteiger partial charge in [-0.3, -0.25) is 0 Å². The van der Waals surface area contributed by atoms with Gasteiger partial charge in [0, 0.05) is 10.6 Å². The summed E-state index contributed by atoms with van der Waals surface area (Å²) in [5.41, 5.74) is 1.45. The summed E-state index contributed by atoms with van der Waals surface area (Å²) in [4.78, 5) is 0.933. The minimum Gasteiger partial charge on any atom is -0.496 e. The highest BCUT2D eigenvalue weighted by Crippen LogP contribution is 2.30. The maximum atomic E-state index is 13.3. The van der Waals surface area contributed by atoms with Crippen LogP contribution >= 0.6 is 11.8 Å². The fraction of sp³-hybridized carbons (Fsp3) is 0.217. The number of rotatable bonds is 9. The maximum absolute atomic E-state index is 13.3. The van der Waals surface area contributed by atoms with Crippen LogP contribution in [0.2, 0.25) is 0 Å². The van der Waals surface area contributed by atoms with Gasteiger partial charge in [0.15, 0.2) is 0 Å². The van der Waals surface area contributed by atoms with Crippen molar-refractivity contribution in [3.63, 3.8) is 0 Å². The van der Waals surface area contributed by atoms with E-state index in [-0.39, 0.29) is 18.2 Å². The van der Waals surface area contributed by atoms with Crippen LogP contribution in [0.15, 0.2) is 77.7 Å². The van der Waals surface area contributed by atoms with Gasteiger partial charge in [0.2, 0.25) is 0 Å². The standard InChI is InChI=1S/C23H22F2O3S/c1-27-21-4-2-3-5-22(21)29-15-20(26)14-28-23(16-6-10-18(24)11-7-16)17-8-12-19(25)13-9-17/h2-13,20,23,26H,14-15H2,1H3. The van der Waals surface area contributed by atoms with Gasteiger partial charge >= 0.3 is 0 Å². The van der Waals surface area contributed by atoms with Gasteiger partial charge in [0.25, 0.3) is 0 Å². The Balaban J connectivity index is 1.66. The minimum absolute atomic E-state index is 0.0710. The molecule has 0 spiro atoms. The Hall–Kier alpha value is -2.41. The fourth-order valence-corrected chi connectivity index (χ4v) is 3.78. The molecule has 0 aliphatic rings. The third kappa shape index (κ3) is 6.03. The van der Waals surface area contributed by atoms with Crippen LogP contribution < -0.4 is 4.74 Å². The normalized spacial score (nSPS) is 12.2. The van der Waals surface area contributed by atoms with E-state index in [0.717, 1.165) is 21.8 Å². The number of ether oxygens (including phenoxy) is 2. The average molecular weight is 416 g/mol. The van der Waals surface area contributed by atoms with Gasteiger partial charge in [-0.05, 0) is 47.5 Å². The third-order valence-electron chi connectivity index (χ3n) is 4.30. The number of para-hydroxylation sites is 1. The Labute approximate surface area is 173 Å². The first-order valence-electron chi connectivity index (χ1n) is 9.13. The second-order valence-corrected chi connectivity index (χ2v) is 7.49. The average Bonchev–Trinajstić information content (AvgIpc) is 2.75. The Kier molecular flexibility index (Phi) is 7.63. The van der Waals surface area contributed by atoms with Crippen LogP contribution in [-0.4, -0.2) is 30.7 Å². The molecule has 3 aromatic rings. The van der Waals surface area contributed by atoms with Gasteiger partial charge in [0.05, 0.1) is 19.8 Å². The molecule has 0 aliphatic carbocycles. The quantitative estimate of drug-likeness (QED) is 0.485. The van der Waals surface area contributed by atoms with E-state index in [1.165, 1.54) is 36.0 Å². The number of hydrogen-bond acceptors (Lipinski definition) is 4. The number of halogens is 2. The molecule has 6 heteroatoms. The highest BCUT2D eigenvalue weighted by molar-refractivity contribution is 7.99. The summed E-state index contributed by atoms with van der Waals surface area (Å²) in [6.07, 6.45) is -1.27. The van der Waals surface area contributed by atoms with Crippen molar-refractivity contribution in [3.8, 4) is 5.75 Å². The van der Waals surface area contributed by atoms with E-state index in [2.05, 4.69) is 0 Å². The molecule has 0 heterocycles. The highest BCUT2D eigenvalue weighted by atomic mass is 32.2. The highest BCUT2D eigenvalue weighted by Gasteiger charge is 2.18. The molecule has 1 unspecified atom stereocenters. The summed E-state index contributed by atoms with van der Waals surface area (Å²) >= 11 is 1.47. The van der Waals surface area contributed by atoms with E-state index in [1.54, 1.807) is 31.4 Å². The van der Waals surface area contributed by atoms with Crippen molar-refractivity contribution in [3.05, 3.63) is 95.6 Å². The van der Waals surface area contributed by atoms with E-state index >= 15 is 0 Å². The first-order chi connectivity index (χ1) is 14.1. The second-order valence-electron chi connectivity index (χ2n) is 6.43. The van der Waals surface area contributed by atoms with Gasteiger partial charge in [-0.1, -0.05) is 36.4 Å². The van der Waals surface area contributed by atoms with E-state index in [4.69, 9.17) is 9.47 Å². The van der Waals surface area contributed by atoms with Crippen molar-refractivity contribution < 1.29 is 23.4 Å². The molecule has 0 amide bonds. The Morgan fingerprint density at radius 1 is 0.862 bits per heavy atom. The molecule has 3 aromatic carbocycles. The molecule has 3 rings (SSSR count). The lowest BCUT2D eigenvalue weighted by molar-refractivity contribution is 0.0155. The Morgan fingerprint density at radius 3 is 1.97 bits per heavy atom. The number of aliphatic hydroxyl groups is 1. The molecule has 152 valence electrons. The third-order valence-corrected chi connectivity index (χ3v) is 5.50. The zero-order valence-corrected chi connectivity index (χ0v) is 16.7. The van der Waals surface area contributed by atoms with Gasteiger partial charge in [-0.25, -0.2) is 8.78 Å². The zero-order chi connectivity index (χ0) is 20.6. The van der Waals surface area contributed by atoms with Crippen LogP contribution in [-0.2, 0) is 4.74 Å². The molecule has 0 saturated heterocycles. The zero-order valence-electron chi connectivity index (χ0n) is 15.9. The molecule has 1 N–H and O–H groups in total. The van der Waals surface area contributed by atoms with Crippen LogP contribution in [0.5, 0.6) is 5.75 Å². The van der Waals surface area contributed by atoms with Crippen LogP contribution in [0.25, 0.3) is 0 Å². The molecule has 29 heavy (non-hydrogen) atoms. The Morgan fingerprint density at radius 2 is 1.41 bits per heavy atom. The number of benzene rings is 3. The van der Waals surface area contributed by atoms with Crippen LogP contribution in [0.4, 0.5) is 8.78 Å². The first kappa shape index (κ1) is 21.3. The molecule has 0 fully saturated rings. The largest absolute Gasteiger partial charge is 0.496 e. The van der Waals surface area contributed by atoms with E-state index in [1.807, 2.05) is 24.3 Å². The van der Waals surface area contributed by atoms with Gasteiger partial charge in [0.1, 0.15) is 23.5 Å². The summed E-state index contributed by atoms with van der Waals surface area (Å²) in [6.45, 7) is 0.0710. The molecule has 1 atom stereocenters. The number of methoxy groups -OCH3 is 1. The van der Waals surface area contributed by atoms with Gasteiger partial charge in [-0.2, -0.15) is 0 Å². The molecule has 0 aromatic heterocycles. The van der Waals surface area contributed by atoms with Crippen LogP contribution in [0.1, 0.15) is 17.2 Å². The lowest BCUT2D eigenvalue weighted by atomic mass is 10.0. The number of thioether (sulfide) groups is 1. The summed E-state index contributed by atoms with van der Waals surface area (Å²) in [5.74, 6) is 0.473. The molecule has 3 nitrogen and oxygen atoms in total. The maximum Gasteiger partial charge on any atom is 0.132 e. The predicted octanol–water partition coefficient (Wildman–Crippen LogP) is 5.23. The smallest absolute Gasteiger partial charge is 0.132 e. The fourth-order valence-electron chi connectivity index (χ4n) is 2.84. The van der Waals surface area contributed by atoms with Crippen molar-refractivity contribution in [2.45, 2.75) is 17.1 Å². The topological polar surface area (TPSA) is 38.7 Å². The summed E-state index contributed by atoms with van der Waals surface area (Å²) in [7, 11) is 1.61. The van der Waals surface area contributed by atoms with Crippen molar-refractivity contribution in [2.24, 2.45) is 0 Å². The molecule has 0 bridgehead atoms. The number of hydrogen-bond donors (Lipinski definition) is 1. The van der Waals surface area contributed by atoms with E-state index in [9.17, 15) is 13.9 Å². The lowest BCUT2D eigenvalue weighted by Crippen LogP contribution is -2.20. The Bertz CT molecular complexity index is 855. The SMILES string of the molecule is COc1ccccc1SCC(O)COC(c1ccc(F)cc1)c1ccc(F)cc1. The lowest BCUT2D eigenvalue weighted by Gasteiger charge is -2.21. The number of aliphatic hydroxyl groups excluding tert-OH is 1. The summed E-state index contributed by atoms with van der Waals surface area (Å²) in [6, 6.07) is 19.5. The van der Waals surface area contributed by atoms with Crippen molar-refractivity contribution in [1.82, 2.24) is 0 Å². The van der Waals surface area contributed by atoms with Crippen LogP contribution in [0, 0.1) is 11.6 Å². The van der Waals surface area contributed by atoms with Crippen molar-refractivity contribution >= 4 is 11.8 Å². The second kappa shape index (κ2) is 10.4. The van der Waals surface area contributed by atoms with E-state index < -0.39 is 12.2 Å². The molecule has 0 radical (unpaired) electrons. The van der Waals surface area contributed by atoms with Gasteiger partial charge in [-0.15, -0.1) is 11.8 Å². The van der Waals surface area contributed by atoms with E-state index in [0.29, 0.717) is 5.75 Å². The first-order valence-corrected chi connectivity index (χ1v) is 10.1. The monoisotopic (exact) mass is 416 g/mol. The minimum atomic E-state index is -0.728. The predicted molar refractivity (Wildman–Crippen MR) is 110 cm³/mol. The van der Waals surface area contributed by atoms with Crippen molar-refractivity contribution in [2.75, 3.05) is 19.5 Å². The van der Waals surface area contributed by atoms with Crippen molar-refractivity contribution in [1.29, 1.82) is 0 Å². The molecule has 0 aliphatic heterocycles. The molecular weight excluding hydrogens is 394 g/mol. The van der Waals surface area contributed by atoms with Crippen LogP contribution in [0.3, 0.4) is 0 Å². The van der Waals surface area contributed by atoms with Gasteiger partial charge < -0.3 is 14.6 Å². The summed E-state index contributed by atoms with van der Waals surface area (Å²) in [5, 5.41) is 10.4. The molecule has 0 saturated carbocycles. The molecular formula is C23H22F2O3S.